The maximum absolute atomic E-state index is 4.54. The molecule has 0 bridgehead atoms. The van der Waals surface area contributed by atoms with E-state index >= 15 is 0 Å². The second-order valence-corrected chi connectivity index (χ2v) is 9.00. The van der Waals surface area contributed by atoms with Gasteiger partial charge in [-0.05, 0) is 75.9 Å². The van der Waals surface area contributed by atoms with E-state index in [9.17, 15) is 0 Å². The van der Waals surface area contributed by atoms with Crippen LogP contribution in [-0.2, 0) is 27.0 Å². The summed E-state index contributed by atoms with van der Waals surface area (Å²) in [7, 11) is 0. The minimum atomic E-state index is 0. The molecule has 1 heterocycles. The Hall–Kier alpha value is -1.61. The molecule has 0 spiro atoms. The zero-order chi connectivity index (χ0) is 23.1. The molecule has 1 radical (unpaired) electrons. The van der Waals surface area contributed by atoms with Gasteiger partial charge in [-0.1, -0.05) is 41.5 Å². The SMILES string of the molecule is Cc1cc(C)c(NCCN(CCNc2c(C)cc(C)cc2C)Cc2ccccn2)c(C)c1.[Cl-].[Cl-].[Re]. The third kappa shape index (κ3) is 10.1. The van der Waals surface area contributed by atoms with Gasteiger partial charge in [-0.2, -0.15) is 0 Å². The summed E-state index contributed by atoms with van der Waals surface area (Å²) in [4.78, 5) is 7.02. The van der Waals surface area contributed by atoms with Gasteiger partial charge in [-0.25, -0.2) is 0 Å². The molecule has 0 saturated carbocycles. The predicted octanol–water partition coefficient (Wildman–Crippen LogP) is -0.0362. The molecule has 2 N–H and O–H groups in total. The van der Waals surface area contributed by atoms with Gasteiger partial charge >= 0.3 is 0 Å². The molecule has 0 aliphatic carbocycles. The van der Waals surface area contributed by atoms with Crippen molar-refractivity contribution in [2.75, 3.05) is 36.8 Å². The van der Waals surface area contributed by atoms with Crippen molar-refractivity contribution in [1.82, 2.24) is 9.88 Å². The minimum absolute atomic E-state index is 0. The molecule has 1 aromatic heterocycles. The average molecular weight is 688 g/mol. The van der Waals surface area contributed by atoms with Gasteiger partial charge in [0.2, 0.25) is 0 Å². The summed E-state index contributed by atoms with van der Waals surface area (Å²) < 4.78 is 0. The van der Waals surface area contributed by atoms with Crippen LogP contribution in [0.1, 0.15) is 39.1 Å². The van der Waals surface area contributed by atoms with Crippen molar-refractivity contribution in [2.45, 2.75) is 48.1 Å². The third-order valence-electron chi connectivity index (χ3n) is 5.93. The Bertz CT molecular complexity index is 935. The van der Waals surface area contributed by atoms with Crippen LogP contribution < -0.4 is 35.4 Å². The molecule has 3 aromatic rings. The fraction of sp³-hybridized carbons (Fsp3) is 0.393. The zero-order valence-electron chi connectivity index (χ0n) is 21.7. The first-order valence-corrected chi connectivity index (χ1v) is 11.6. The fourth-order valence-corrected chi connectivity index (χ4v) is 4.59. The quantitative estimate of drug-likeness (QED) is 0.315. The van der Waals surface area contributed by atoms with Gasteiger partial charge in [-0.3, -0.25) is 9.88 Å². The first-order chi connectivity index (χ1) is 15.3. The second kappa shape index (κ2) is 16.2. The maximum atomic E-state index is 4.54. The van der Waals surface area contributed by atoms with E-state index in [1.54, 1.807) is 0 Å². The summed E-state index contributed by atoms with van der Waals surface area (Å²) in [5.41, 5.74) is 11.5. The van der Waals surface area contributed by atoms with Crippen molar-refractivity contribution in [3.8, 4) is 0 Å². The number of anilines is 2. The van der Waals surface area contributed by atoms with Gasteiger partial charge in [0.05, 0.1) is 5.69 Å². The Balaban J connectivity index is 0.00000385. The van der Waals surface area contributed by atoms with Crippen LogP contribution in [0.25, 0.3) is 0 Å². The maximum Gasteiger partial charge on any atom is 0.0543 e. The number of nitrogens with zero attached hydrogens (tertiary/aromatic N) is 2. The van der Waals surface area contributed by atoms with Crippen molar-refractivity contribution < 1.29 is 45.2 Å². The summed E-state index contributed by atoms with van der Waals surface area (Å²) >= 11 is 0. The van der Waals surface area contributed by atoms with Gasteiger partial charge in [0.25, 0.3) is 0 Å². The molecule has 0 fully saturated rings. The van der Waals surface area contributed by atoms with E-state index in [1.165, 1.54) is 44.8 Å². The molecule has 0 unspecified atom stereocenters. The number of nitrogens with one attached hydrogen (secondary N) is 2. The van der Waals surface area contributed by atoms with Gasteiger partial charge in [-0.15, -0.1) is 0 Å². The van der Waals surface area contributed by atoms with E-state index in [0.29, 0.717) is 0 Å². The van der Waals surface area contributed by atoms with E-state index in [2.05, 4.69) is 98.5 Å². The summed E-state index contributed by atoms with van der Waals surface area (Å²) in [6, 6.07) is 15.1. The van der Waals surface area contributed by atoms with Gasteiger partial charge < -0.3 is 35.4 Å². The standard InChI is InChI=1S/C28H38N4.2ClH.Re/c1-20-15-22(3)27(23(4)16-20)30-11-13-32(19-26-9-7-8-10-29-26)14-12-31-28-24(5)17-21(2)18-25(28)6;;;/h7-10,15-18,30-31H,11-14,19H2,1-6H3;2*1H;/p-2. The third-order valence-corrected chi connectivity index (χ3v) is 5.93. The molecule has 35 heavy (non-hydrogen) atoms. The molecular formula is C28H38Cl2N4Re-2. The first kappa shape index (κ1) is 33.4. The predicted molar refractivity (Wildman–Crippen MR) is 138 cm³/mol. The van der Waals surface area contributed by atoms with Crippen LogP contribution in [0.3, 0.4) is 0 Å². The number of halogens is 2. The smallest absolute Gasteiger partial charge is 0.0543 e. The first-order valence-electron chi connectivity index (χ1n) is 11.6. The van der Waals surface area contributed by atoms with Crippen LogP contribution >= 0.6 is 0 Å². The van der Waals surface area contributed by atoms with Crippen molar-refractivity contribution in [2.24, 2.45) is 0 Å². The monoisotopic (exact) mass is 687 g/mol. The van der Waals surface area contributed by atoms with E-state index in [0.717, 1.165) is 38.4 Å². The normalized spacial score (nSPS) is 10.1. The summed E-state index contributed by atoms with van der Waals surface area (Å²) in [6.07, 6.45) is 1.88. The zero-order valence-corrected chi connectivity index (χ0v) is 25.9. The Morgan fingerprint density at radius 2 is 1.11 bits per heavy atom. The molecule has 0 aliphatic rings. The summed E-state index contributed by atoms with van der Waals surface area (Å²) in [5, 5.41) is 7.35. The largest absolute Gasteiger partial charge is 1.00 e. The topological polar surface area (TPSA) is 40.2 Å². The Morgan fingerprint density at radius 1 is 0.686 bits per heavy atom. The van der Waals surface area contributed by atoms with E-state index < -0.39 is 0 Å². The van der Waals surface area contributed by atoms with Crippen molar-refractivity contribution in [3.05, 3.63) is 87.7 Å². The number of aromatic nitrogens is 1. The molecule has 2 aromatic carbocycles. The molecule has 4 nitrogen and oxygen atoms in total. The van der Waals surface area contributed by atoms with Crippen LogP contribution in [-0.4, -0.2) is 36.1 Å². The average Bonchev–Trinajstić information content (AvgIpc) is 2.72. The van der Waals surface area contributed by atoms with E-state index in [-0.39, 0.29) is 45.2 Å². The van der Waals surface area contributed by atoms with Crippen LogP contribution in [0.5, 0.6) is 0 Å². The van der Waals surface area contributed by atoms with Gasteiger partial charge in [0, 0.05) is 70.7 Å². The van der Waals surface area contributed by atoms with Crippen LogP contribution in [0.2, 0.25) is 0 Å². The molecule has 0 atom stereocenters. The number of rotatable bonds is 10. The molecular weight excluding hydrogens is 649 g/mol. The van der Waals surface area contributed by atoms with Crippen LogP contribution in [0.4, 0.5) is 11.4 Å². The number of hydrogen-bond acceptors (Lipinski definition) is 4. The molecule has 0 amide bonds. The van der Waals surface area contributed by atoms with Crippen molar-refractivity contribution in [3.63, 3.8) is 0 Å². The van der Waals surface area contributed by atoms with E-state index in [1.807, 2.05) is 12.3 Å². The molecule has 0 aliphatic heterocycles. The molecule has 7 heteroatoms. The Kier molecular flexibility index (Phi) is 15.5. The minimum Gasteiger partial charge on any atom is -1.00 e. The molecule has 3 rings (SSSR count). The number of aryl methyl sites for hydroxylation is 6. The Morgan fingerprint density at radius 3 is 1.49 bits per heavy atom. The molecule has 193 valence electrons. The van der Waals surface area contributed by atoms with Gasteiger partial charge in [0.1, 0.15) is 0 Å². The van der Waals surface area contributed by atoms with Gasteiger partial charge in [0.15, 0.2) is 0 Å². The van der Waals surface area contributed by atoms with Crippen molar-refractivity contribution in [1.29, 1.82) is 0 Å². The number of benzene rings is 2. The molecule has 0 saturated heterocycles. The van der Waals surface area contributed by atoms with E-state index in [4.69, 9.17) is 0 Å². The number of hydrogen-bond donors (Lipinski definition) is 2. The number of pyridine rings is 1. The van der Waals surface area contributed by atoms with Crippen LogP contribution in [0, 0.1) is 41.5 Å². The summed E-state index contributed by atoms with van der Waals surface area (Å²) in [6.45, 7) is 17.6. The van der Waals surface area contributed by atoms with Crippen LogP contribution in [0.15, 0.2) is 48.7 Å². The Labute approximate surface area is 238 Å². The fourth-order valence-electron chi connectivity index (χ4n) is 4.59. The summed E-state index contributed by atoms with van der Waals surface area (Å²) in [5.74, 6) is 0. The van der Waals surface area contributed by atoms with Crippen molar-refractivity contribution >= 4 is 11.4 Å². The second-order valence-electron chi connectivity index (χ2n) is 9.00.